The molecular weight excluding hydrogens is 320 g/mol. The van der Waals surface area contributed by atoms with Crippen molar-refractivity contribution in [2.24, 2.45) is 11.8 Å². The molecule has 0 aromatic heterocycles. The van der Waals surface area contributed by atoms with Crippen molar-refractivity contribution in [2.45, 2.75) is 44.0 Å². The maximum absolute atomic E-state index is 12.6. The molecule has 0 bridgehead atoms. The normalized spacial score (nSPS) is 25.1. The second kappa shape index (κ2) is 6.84. The largest absolute Gasteiger partial charge is 0.497 e. The van der Waals surface area contributed by atoms with Gasteiger partial charge < -0.3 is 4.74 Å². The summed E-state index contributed by atoms with van der Waals surface area (Å²) < 4.78 is 32.8. The van der Waals surface area contributed by atoms with Crippen molar-refractivity contribution in [2.75, 3.05) is 7.11 Å². The fourth-order valence-corrected chi connectivity index (χ4v) is 4.52. The van der Waals surface area contributed by atoms with E-state index in [1.807, 2.05) is 6.92 Å². The summed E-state index contributed by atoms with van der Waals surface area (Å²) >= 11 is 0. The lowest BCUT2D eigenvalue weighted by Crippen LogP contribution is -2.43. The molecular formula is C15H22N2O5S. The zero-order valence-electron chi connectivity index (χ0n) is 13.5. The first-order valence-corrected chi connectivity index (χ1v) is 9.09. The van der Waals surface area contributed by atoms with E-state index in [0.29, 0.717) is 5.92 Å². The van der Waals surface area contributed by atoms with E-state index in [0.717, 1.165) is 25.3 Å². The first-order valence-electron chi connectivity index (χ1n) is 7.61. The summed E-state index contributed by atoms with van der Waals surface area (Å²) in [6.07, 6.45) is 2.76. The average molecular weight is 342 g/mol. The summed E-state index contributed by atoms with van der Waals surface area (Å²) in [6, 6.07) is 3.55. The molecule has 7 nitrogen and oxygen atoms in total. The number of rotatable bonds is 5. The summed E-state index contributed by atoms with van der Waals surface area (Å²) in [5.41, 5.74) is -0.478. The molecule has 1 aromatic carbocycles. The third-order valence-electron chi connectivity index (χ3n) is 4.67. The van der Waals surface area contributed by atoms with Gasteiger partial charge in [-0.15, -0.1) is 0 Å². The van der Waals surface area contributed by atoms with Gasteiger partial charge in [0, 0.05) is 6.04 Å². The Morgan fingerprint density at radius 1 is 1.30 bits per heavy atom. The summed E-state index contributed by atoms with van der Waals surface area (Å²) in [5, 5.41) is 11.2. The van der Waals surface area contributed by atoms with Gasteiger partial charge in [0.1, 0.15) is 5.75 Å². The quantitative estimate of drug-likeness (QED) is 0.655. The molecule has 0 aliphatic heterocycles. The summed E-state index contributed by atoms with van der Waals surface area (Å²) in [4.78, 5) is 10.2. The van der Waals surface area contributed by atoms with Crippen LogP contribution in [0.4, 0.5) is 5.69 Å². The minimum Gasteiger partial charge on any atom is -0.497 e. The van der Waals surface area contributed by atoms with Gasteiger partial charge in [-0.2, -0.15) is 0 Å². The molecule has 23 heavy (non-hydrogen) atoms. The summed E-state index contributed by atoms with van der Waals surface area (Å²) in [5.74, 6) is 0.855. The van der Waals surface area contributed by atoms with E-state index in [1.165, 1.54) is 19.2 Å². The van der Waals surface area contributed by atoms with Gasteiger partial charge in [-0.1, -0.05) is 26.7 Å². The lowest BCUT2D eigenvalue weighted by molar-refractivity contribution is -0.387. The molecule has 128 valence electrons. The Bertz CT molecular complexity index is 689. The molecule has 2 rings (SSSR count). The standard InChI is InChI=1S/C15H22N2O5S/c1-10-5-4-6-13(11(10)2)16-23(20,21)15-8-7-12(22-3)9-14(15)17(18)19/h7-11,13,16H,4-6H2,1-3H3. The number of nitro benzene ring substituents is 1. The Labute approximate surface area is 136 Å². The molecule has 1 fully saturated rings. The SMILES string of the molecule is COc1ccc(S(=O)(=O)NC2CCCC(C)C2C)c([N+](=O)[O-])c1. The molecule has 0 heterocycles. The third kappa shape index (κ3) is 3.81. The predicted octanol–water partition coefficient (Wildman–Crippen LogP) is 2.71. The van der Waals surface area contributed by atoms with Crippen molar-refractivity contribution >= 4 is 15.7 Å². The second-order valence-electron chi connectivity index (χ2n) is 6.09. The number of benzene rings is 1. The van der Waals surface area contributed by atoms with Gasteiger partial charge in [-0.25, -0.2) is 13.1 Å². The minimum absolute atomic E-state index is 0.191. The highest BCUT2D eigenvalue weighted by Crippen LogP contribution is 2.32. The summed E-state index contributed by atoms with van der Waals surface area (Å²) in [7, 11) is -2.59. The van der Waals surface area contributed by atoms with Crippen LogP contribution >= 0.6 is 0 Å². The Balaban J connectivity index is 2.34. The highest BCUT2D eigenvalue weighted by molar-refractivity contribution is 7.89. The molecule has 3 unspecified atom stereocenters. The number of nitro groups is 1. The molecule has 0 amide bonds. The number of hydrogen-bond acceptors (Lipinski definition) is 5. The summed E-state index contributed by atoms with van der Waals surface area (Å²) in [6.45, 7) is 4.11. The van der Waals surface area contributed by atoms with E-state index in [9.17, 15) is 18.5 Å². The highest BCUT2D eigenvalue weighted by atomic mass is 32.2. The molecule has 1 aromatic rings. The maximum Gasteiger partial charge on any atom is 0.293 e. The number of methoxy groups -OCH3 is 1. The van der Waals surface area contributed by atoms with Gasteiger partial charge in [0.25, 0.3) is 5.69 Å². The highest BCUT2D eigenvalue weighted by Gasteiger charge is 2.33. The van der Waals surface area contributed by atoms with Crippen molar-refractivity contribution < 1.29 is 18.1 Å². The van der Waals surface area contributed by atoms with Gasteiger partial charge in [0.05, 0.1) is 18.1 Å². The van der Waals surface area contributed by atoms with E-state index in [4.69, 9.17) is 4.74 Å². The van der Waals surface area contributed by atoms with Crippen molar-refractivity contribution in [1.29, 1.82) is 0 Å². The minimum atomic E-state index is -3.96. The third-order valence-corrected chi connectivity index (χ3v) is 6.20. The van der Waals surface area contributed by atoms with Gasteiger partial charge in [0.2, 0.25) is 10.0 Å². The van der Waals surface area contributed by atoms with Crippen molar-refractivity contribution in [3.05, 3.63) is 28.3 Å². The molecule has 1 N–H and O–H groups in total. The Hall–Kier alpha value is -1.67. The zero-order valence-corrected chi connectivity index (χ0v) is 14.3. The van der Waals surface area contributed by atoms with Crippen LogP contribution in [-0.4, -0.2) is 26.5 Å². The maximum atomic E-state index is 12.6. The number of hydrogen-bond donors (Lipinski definition) is 1. The smallest absolute Gasteiger partial charge is 0.293 e. The number of nitrogens with zero attached hydrogens (tertiary/aromatic N) is 1. The monoisotopic (exact) mass is 342 g/mol. The van der Waals surface area contributed by atoms with Crippen LogP contribution in [0.2, 0.25) is 0 Å². The van der Waals surface area contributed by atoms with Crippen LogP contribution in [0.5, 0.6) is 5.75 Å². The first-order chi connectivity index (χ1) is 10.8. The van der Waals surface area contributed by atoms with Gasteiger partial charge >= 0.3 is 0 Å². The van der Waals surface area contributed by atoms with E-state index in [1.54, 1.807) is 0 Å². The molecule has 0 radical (unpaired) electrons. The fourth-order valence-electron chi connectivity index (χ4n) is 3.01. The number of sulfonamides is 1. The van der Waals surface area contributed by atoms with Crippen LogP contribution in [0.3, 0.4) is 0 Å². The van der Waals surface area contributed by atoms with Crippen LogP contribution in [0, 0.1) is 22.0 Å². The first kappa shape index (κ1) is 17.7. The molecule has 8 heteroatoms. The molecule has 3 atom stereocenters. The molecule has 1 saturated carbocycles. The number of ether oxygens (including phenoxy) is 1. The van der Waals surface area contributed by atoms with E-state index in [-0.39, 0.29) is 22.6 Å². The van der Waals surface area contributed by atoms with Gasteiger partial charge in [-0.3, -0.25) is 10.1 Å². The van der Waals surface area contributed by atoms with Crippen molar-refractivity contribution in [3.8, 4) is 5.75 Å². The van der Waals surface area contributed by atoms with Crippen LogP contribution in [0.25, 0.3) is 0 Å². The lowest BCUT2D eigenvalue weighted by Gasteiger charge is -2.34. The van der Waals surface area contributed by atoms with Crippen LogP contribution in [0.1, 0.15) is 33.1 Å². The van der Waals surface area contributed by atoms with Crippen LogP contribution in [0.15, 0.2) is 23.1 Å². The Kier molecular flexibility index (Phi) is 5.26. The van der Waals surface area contributed by atoms with Crippen LogP contribution < -0.4 is 9.46 Å². The molecule has 0 spiro atoms. The molecule has 1 aliphatic rings. The predicted molar refractivity (Wildman–Crippen MR) is 85.9 cm³/mol. The molecule has 0 saturated heterocycles. The van der Waals surface area contributed by atoms with Crippen molar-refractivity contribution in [3.63, 3.8) is 0 Å². The van der Waals surface area contributed by atoms with Crippen molar-refractivity contribution in [1.82, 2.24) is 4.72 Å². The average Bonchev–Trinajstić information content (AvgIpc) is 2.51. The lowest BCUT2D eigenvalue weighted by atomic mass is 9.78. The number of nitrogens with one attached hydrogen (secondary N) is 1. The zero-order chi connectivity index (χ0) is 17.2. The second-order valence-corrected chi connectivity index (χ2v) is 7.77. The topological polar surface area (TPSA) is 98.5 Å². The van der Waals surface area contributed by atoms with Crippen LogP contribution in [-0.2, 0) is 10.0 Å². The van der Waals surface area contributed by atoms with E-state index in [2.05, 4.69) is 11.6 Å². The molecule has 1 aliphatic carbocycles. The van der Waals surface area contributed by atoms with Gasteiger partial charge in [-0.05, 0) is 30.4 Å². The fraction of sp³-hybridized carbons (Fsp3) is 0.600. The van der Waals surface area contributed by atoms with E-state index < -0.39 is 20.6 Å². The van der Waals surface area contributed by atoms with Gasteiger partial charge in [0.15, 0.2) is 4.90 Å². The Morgan fingerprint density at radius 3 is 2.61 bits per heavy atom. The Morgan fingerprint density at radius 2 is 2.00 bits per heavy atom. The van der Waals surface area contributed by atoms with E-state index >= 15 is 0 Å².